The fourth-order valence-corrected chi connectivity index (χ4v) is 7.60. The zero-order valence-electron chi connectivity index (χ0n) is 20.4. The van der Waals surface area contributed by atoms with Gasteiger partial charge in [0.05, 0.1) is 6.42 Å². The van der Waals surface area contributed by atoms with E-state index in [4.69, 9.17) is 0 Å². The Bertz CT molecular complexity index is 1220. The number of hydrogen-bond donors (Lipinski definition) is 2. The topological polar surface area (TPSA) is 58.2 Å². The molecule has 3 aromatic rings. The van der Waals surface area contributed by atoms with Crippen molar-refractivity contribution in [2.45, 2.75) is 63.3 Å². The van der Waals surface area contributed by atoms with E-state index in [2.05, 4.69) is 22.8 Å². The van der Waals surface area contributed by atoms with E-state index in [9.17, 15) is 9.59 Å². The van der Waals surface area contributed by atoms with E-state index in [0.29, 0.717) is 5.41 Å². The van der Waals surface area contributed by atoms with Crippen molar-refractivity contribution in [2.24, 2.45) is 17.8 Å². The maximum atomic E-state index is 12.8. The van der Waals surface area contributed by atoms with E-state index in [1.165, 1.54) is 44.1 Å². The van der Waals surface area contributed by atoms with Gasteiger partial charge in [-0.1, -0.05) is 54.6 Å². The average Bonchev–Trinajstić information content (AvgIpc) is 2.84. The molecule has 0 saturated heterocycles. The van der Waals surface area contributed by atoms with E-state index in [-0.39, 0.29) is 18.2 Å². The predicted molar refractivity (Wildman–Crippen MR) is 140 cm³/mol. The van der Waals surface area contributed by atoms with Crippen molar-refractivity contribution in [3.8, 4) is 0 Å². The lowest BCUT2D eigenvalue weighted by Crippen LogP contribution is -2.48. The van der Waals surface area contributed by atoms with Crippen LogP contribution in [0.2, 0.25) is 0 Å². The molecule has 180 valence electrons. The summed E-state index contributed by atoms with van der Waals surface area (Å²) in [6, 6.07) is 21.9. The first-order valence-corrected chi connectivity index (χ1v) is 13.1. The van der Waals surface area contributed by atoms with Crippen LogP contribution in [-0.4, -0.2) is 17.9 Å². The Kier molecular flexibility index (Phi) is 5.63. The summed E-state index contributed by atoms with van der Waals surface area (Å²) in [5.74, 6) is 2.40. The second-order valence-electron chi connectivity index (χ2n) is 11.4. The Morgan fingerprint density at radius 3 is 2.17 bits per heavy atom. The predicted octanol–water partition coefficient (Wildman–Crippen LogP) is 5.99. The monoisotopic (exact) mass is 466 g/mol. The minimum Gasteiger partial charge on any atom is -0.344 e. The van der Waals surface area contributed by atoms with Gasteiger partial charge in [-0.25, -0.2) is 0 Å². The van der Waals surface area contributed by atoms with Crippen molar-refractivity contribution in [3.63, 3.8) is 0 Å². The van der Waals surface area contributed by atoms with Gasteiger partial charge in [-0.15, -0.1) is 0 Å². The molecule has 2 N–H and O–H groups in total. The molecule has 1 atom stereocenters. The molecule has 4 aliphatic rings. The zero-order valence-corrected chi connectivity index (χ0v) is 20.4. The van der Waals surface area contributed by atoms with Gasteiger partial charge in [0.15, 0.2) is 0 Å². The highest BCUT2D eigenvalue weighted by Crippen LogP contribution is 2.60. The van der Waals surface area contributed by atoms with Crippen molar-refractivity contribution in [1.29, 1.82) is 0 Å². The lowest BCUT2D eigenvalue weighted by Gasteiger charge is -2.57. The first-order chi connectivity index (χ1) is 17.0. The van der Waals surface area contributed by atoms with Crippen LogP contribution in [-0.2, 0) is 21.4 Å². The Hall–Kier alpha value is -3.14. The van der Waals surface area contributed by atoms with Crippen LogP contribution in [0.4, 0.5) is 5.69 Å². The van der Waals surface area contributed by atoms with E-state index in [0.717, 1.165) is 39.8 Å². The number of carbonyl (C=O) groups is 2. The number of hydrogen-bond acceptors (Lipinski definition) is 2. The van der Waals surface area contributed by atoms with E-state index in [1.807, 2.05) is 54.6 Å². The van der Waals surface area contributed by atoms with Gasteiger partial charge >= 0.3 is 0 Å². The largest absolute Gasteiger partial charge is 0.344 e. The molecule has 4 saturated carbocycles. The highest BCUT2D eigenvalue weighted by Gasteiger charge is 2.51. The SMILES string of the molecule is C[C@@H](NC(=O)Cc1cccc2ccccc12)C(=O)Nc1ccc(C23CC4CC(CC(C4)C2)C3)cc1. The van der Waals surface area contributed by atoms with Crippen LogP contribution < -0.4 is 10.6 Å². The molecule has 0 unspecified atom stereocenters. The Morgan fingerprint density at radius 1 is 0.857 bits per heavy atom. The van der Waals surface area contributed by atoms with Crippen molar-refractivity contribution in [1.82, 2.24) is 5.32 Å². The quantitative estimate of drug-likeness (QED) is 0.469. The minimum absolute atomic E-state index is 0.152. The van der Waals surface area contributed by atoms with Crippen LogP contribution in [0, 0.1) is 17.8 Å². The van der Waals surface area contributed by atoms with Crippen LogP contribution in [0.1, 0.15) is 56.6 Å². The molecule has 0 aliphatic heterocycles. The number of carbonyl (C=O) groups excluding carboxylic acids is 2. The van der Waals surface area contributed by atoms with Gasteiger partial charge in [0.25, 0.3) is 0 Å². The van der Waals surface area contributed by atoms with Crippen LogP contribution in [0.3, 0.4) is 0 Å². The third kappa shape index (κ3) is 4.35. The third-order valence-corrected chi connectivity index (χ3v) is 8.80. The molecule has 7 rings (SSSR count). The Balaban J connectivity index is 1.07. The zero-order chi connectivity index (χ0) is 24.0. The molecule has 4 aliphatic carbocycles. The molecule has 4 bridgehead atoms. The highest BCUT2D eigenvalue weighted by molar-refractivity contribution is 5.97. The summed E-state index contributed by atoms with van der Waals surface area (Å²) in [4.78, 5) is 25.5. The molecule has 4 fully saturated rings. The number of benzene rings is 3. The second-order valence-corrected chi connectivity index (χ2v) is 11.4. The lowest BCUT2D eigenvalue weighted by molar-refractivity contribution is -0.125. The number of rotatable bonds is 6. The second kappa shape index (κ2) is 8.82. The van der Waals surface area contributed by atoms with Gasteiger partial charge in [-0.05, 0) is 103 Å². The first kappa shape index (κ1) is 22.3. The summed E-state index contributed by atoms with van der Waals surface area (Å²) in [5, 5.41) is 8.03. The fourth-order valence-electron chi connectivity index (χ4n) is 7.60. The maximum Gasteiger partial charge on any atom is 0.246 e. The summed E-state index contributed by atoms with van der Waals surface area (Å²) in [6.07, 6.45) is 8.59. The summed E-state index contributed by atoms with van der Waals surface area (Å²) in [7, 11) is 0. The summed E-state index contributed by atoms with van der Waals surface area (Å²) in [6.45, 7) is 1.74. The third-order valence-electron chi connectivity index (χ3n) is 8.80. The highest BCUT2D eigenvalue weighted by atomic mass is 16.2. The van der Waals surface area contributed by atoms with Crippen LogP contribution in [0.25, 0.3) is 10.8 Å². The molecule has 0 heterocycles. The van der Waals surface area contributed by atoms with Crippen molar-refractivity contribution in [2.75, 3.05) is 5.32 Å². The Morgan fingerprint density at radius 2 is 1.49 bits per heavy atom. The summed E-state index contributed by atoms with van der Waals surface area (Å²) in [5.41, 5.74) is 3.57. The Labute approximate surface area is 207 Å². The molecular weight excluding hydrogens is 432 g/mol. The van der Waals surface area contributed by atoms with Crippen molar-refractivity contribution >= 4 is 28.3 Å². The molecule has 4 nitrogen and oxygen atoms in total. The number of anilines is 1. The molecule has 0 aromatic heterocycles. The lowest BCUT2D eigenvalue weighted by atomic mass is 9.48. The van der Waals surface area contributed by atoms with E-state index >= 15 is 0 Å². The van der Waals surface area contributed by atoms with E-state index in [1.54, 1.807) is 6.92 Å². The van der Waals surface area contributed by atoms with Gasteiger partial charge in [0.1, 0.15) is 6.04 Å². The summed E-state index contributed by atoms with van der Waals surface area (Å²) < 4.78 is 0. The van der Waals surface area contributed by atoms with Gasteiger partial charge in [0, 0.05) is 5.69 Å². The van der Waals surface area contributed by atoms with E-state index < -0.39 is 6.04 Å². The average molecular weight is 467 g/mol. The van der Waals surface area contributed by atoms with Gasteiger partial charge in [-0.2, -0.15) is 0 Å². The van der Waals surface area contributed by atoms with Crippen LogP contribution >= 0.6 is 0 Å². The fraction of sp³-hybridized carbons (Fsp3) is 0.419. The van der Waals surface area contributed by atoms with Gasteiger partial charge < -0.3 is 10.6 Å². The molecule has 35 heavy (non-hydrogen) atoms. The van der Waals surface area contributed by atoms with Crippen LogP contribution in [0.5, 0.6) is 0 Å². The first-order valence-electron chi connectivity index (χ1n) is 13.1. The maximum absolute atomic E-state index is 12.8. The molecule has 3 aromatic carbocycles. The number of nitrogens with one attached hydrogen (secondary N) is 2. The number of amides is 2. The molecule has 0 radical (unpaired) electrons. The van der Waals surface area contributed by atoms with Crippen molar-refractivity contribution in [3.05, 3.63) is 77.9 Å². The van der Waals surface area contributed by atoms with Gasteiger partial charge in [-0.3, -0.25) is 9.59 Å². The molecular formula is C31H34N2O2. The normalized spacial score (nSPS) is 27.5. The molecule has 4 heteroatoms. The minimum atomic E-state index is -0.611. The molecule has 2 amide bonds. The number of fused-ring (bicyclic) bond motifs is 1. The smallest absolute Gasteiger partial charge is 0.246 e. The van der Waals surface area contributed by atoms with Gasteiger partial charge in [0.2, 0.25) is 11.8 Å². The molecule has 0 spiro atoms. The van der Waals surface area contributed by atoms with Crippen molar-refractivity contribution < 1.29 is 9.59 Å². The van der Waals surface area contributed by atoms with Crippen LogP contribution in [0.15, 0.2) is 66.7 Å². The summed E-state index contributed by atoms with van der Waals surface area (Å²) >= 11 is 0. The standard InChI is InChI=1S/C31H34N2O2/c1-20(32-29(34)16-25-7-4-6-24-5-2-3-8-28(24)25)30(35)33-27-11-9-26(10-12-27)31-17-21-13-22(18-31)15-23(14-21)19-31/h2-12,20-23H,13-19H2,1H3,(H,32,34)(H,33,35)/t20-,21?,22?,23?,31?/m1/s1.